The molecule has 4 nitrogen and oxygen atoms in total. The number of methoxy groups -OCH3 is 1. The Balaban J connectivity index is 2.21. The highest BCUT2D eigenvalue weighted by Gasteiger charge is 2.19. The van der Waals surface area contributed by atoms with Crippen LogP contribution in [-0.2, 0) is 9.53 Å². The number of rotatable bonds is 4. The third kappa shape index (κ3) is 4.18. The molecule has 1 aliphatic rings. The van der Waals surface area contributed by atoms with E-state index in [0.717, 1.165) is 13.1 Å². The number of ether oxygens (including phenoxy) is 1. The molecule has 2 atom stereocenters. The fraction of sp³-hybridized carbons (Fsp3) is 0.909. The standard InChI is InChI=1S/C11H22N2O2/c1-9(11(14)15-3)12-7-10-5-4-6-13(2)8-10/h9-10,12H,4-8H2,1-3H3/t9-,10?/m0/s1. The van der Waals surface area contributed by atoms with Crippen molar-refractivity contribution in [1.29, 1.82) is 0 Å². The first-order valence-corrected chi connectivity index (χ1v) is 5.63. The SMILES string of the molecule is COC(=O)[C@H](C)NCC1CCCN(C)C1. The maximum absolute atomic E-state index is 11.2. The Labute approximate surface area is 92.0 Å². The first-order chi connectivity index (χ1) is 7.13. The van der Waals surface area contributed by atoms with E-state index in [9.17, 15) is 4.79 Å². The zero-order valence-electron chi connectivity index (χ0n) is 9.95. The molecule has 4 heteroatoms. The summed E-state index contributed by atoms with van der Waals surface area (Å²) in [4.78, 5) is 13.5. The lowest BCUT2D eigenvalue weighted by Crippen LogP contribution is -2.42. The summed E-state index contributed by atoms with van der Waals surface area (Å²) in [5.41, 5.74) is 0. The van der Waals surface area contributed by atoms with Gasteiger partial charge in [-0.25, -0.2) is 0 Å². The van der Waals surface area contributed by atoms with Crippen molar-refractivity contribution in [3.8, 4) is 0 Å². The van der Waals surface area contributed by atoms with Crippen LogP contribution in [0.15, 0.2) is 0 Å². The molecule has 0 aromatic rings. The van der Waals surface area contributed by atoms with Gasteiger partial charge in [0, 0.05) is 6.54 Å². The van der Waals surface area contributed by atoms with E-state index in [1.165, 1.54) is 26.5 Å². The number of carbonyl (C=O) groups is 1. The van der Waals surface area contributed by atoms with E-state index in [2.05, 4.69) is 22.0 Å². The monoisotopic (exact) mass is 214 g/mol. The van der Waals surface area contributed by atoms with Crippen molar-refractivity contribution < 1.29 is 9.53 Å². The molecule has 1 heterocycles. The fourth-order valence-corrected chi connectivity index (χ4v) is 2.04. The van der Waals surface area contributed by atoms with Gasteiger partial charge in [-0.15, -0.1) is 0 Å². The van der Waals surface area contributed by atoms with Crippen molar-refractivity contribution in [2.45, 2.75) is 25.8 Å². The fourth-order valence-electron chi connectivity index (χ4n) is 2.04. The minimum Gasteiger partial charge on any atom is -0.468 e. The van der Waals surface area contributed by atoms with Gasteiger partial charge in [-0.2, -0.15) is 0 Å². The number of carbonyl (C=O) groups excluding carboxylic acids is 1. The minimum atomic E-state index is -0.192. The van der Waals surface area contributed by atoms with Crippen LogP contribution in [0.1, 0.15) is 19.8 Å². The smallest absolute Gasteiger partial charge is 0.322 e. The first kappa shape index (κ1) is 12.5. The molecule has 0 radical (unpaired) electrons. The second-order valence-electron chi connectivity index (χ2n) is 4.42. The van der Waals surface area contributed by atoms with Crippen molar-refractivity contribution in [2.24, 2.45) is 5.92 Å². The first-order valence-electron chi connectivity index (χ1n) is 5.63. The van der Waals surface area contributed by atoms with Gasteiger partial charge in [-0.3, -0.25) is 4.79 Å². The van der Waals surface area contributed by atoms with Crippen LogP contribution < -0.4 is 5.32 Å². The Morgan fingerprint density at radius 2 is 2.40 bits per heavy atom. The van der Waals surface area contributed by atoms with Crippen LogP contribution in [0.25, 0.3) is 0 Å². The number of nitrogens with zero attached hydrogens (tertiary/aromatic N) is 1. The normalized spacial score (nSPS) is 24.9. The van der Waals surface area contributed by atoms with E-state index >= 15 is 0 Å². The summed E-state index contributed by atoms with van der Waals surface area (Å²) in [7, 11) is 3.57. The van der Waals surface area contributed by atoms with Gasteiger partial charge in [-0.1, -0.05) is 0 Å². The van der Waals surface area contributed by atoms with Crippen molar-refractivity contribution in [2.75, 3.05) is 33.8 Å². The molecule has 0 aromatic carbocycles. The summed E-state index contributed by atoms with van der Waals surface area (Å²) in [6, 6.07) is -0.192. The highest BCUT2D eigenvalue weighted by atomic mass is 16.5. The van der Waals surface area contributed by atoms with E-state index in [0.29, 0.717) is 5.92 Å². The Bertz CT molecular complexity index is 209. The summed E-state index contributed by atoms with van der Waals surface area (Å²) in [6.45, 7) is 5.07. The topological polar surface area (TPSA) is 41.6 Å². The maximum atomic E-state index is 11.2. The maximum Gasteiger partial charge on any atom is 0.322 e. The second-order valence-corrected chi connectivity index (χ2v) is 4.42. The van der Waals surface area contributed by atoms with Gasteiger partial charge in [-0.05, 0) is 45.8 Å². The van der Waals surface area contributed by atoms with Crippen LogP contribution in [0.5, 0.6) is 0 Å². The number of hydrogen-bond donors (Lipinski definition) is 1. The molecule has 1 aliphatic heterocycles. The average molecular weight is 214 g/mol. The van der Waals surface area contributed by atoms with Crippen LogP contribution in [0.3, 0.4) is 0 Å². The van der Waals surface area contributed by atoms with Crippen LogP contribution in [0.4, 0.5) is 0 Å². The number of esters is 1. The summed E-state index contributed by atoms with van der Waals surface area (Å²) in [5, 5.41) is 3.22. The Morgan fingerprint density at radius 1 is 1.67 bits per heavy atom. The Morgan fingerprint density at radius 3 is 3.00 bits per heavy atom. The van der Waals surface area contributed by atoms with Gasteiger partial charge in [0.2, 0.25) is 0 Å². The largest absolute Gasteiger partial charge is 0.468 e. The number of piperidine rings is 1. The lowest BCUT2D eigenvalue weighted by atomic mass is 9.98. The molecule has 1 fully saturated rings. The van der Waals surface area contributed by atoms with Crippen molar-refractivity contribution in [1.82, 2.24) is 10.2 Å². The van der Waals surface area contributed by atoms with Gasteiger partial charge in [0.25, 0.3) is 0 Å². The Kier molecular flexibility index (Phi) is 5.05. The van der Waals surface area contributed by atoms with Crippen molar-refractivity contribution in [3.63, 3.8) is 0 Å². The summed E-state index contributed by atoms with van der Waals surface area (Å²) in [5.74, 6) is 0.482. The zero-order valence-corrected chi connectivity index (χ0v) is 9.95. The van der Waals surface area contributed by atoms with E-state index < -0.39 is 0 Å². The highest BCUT2D eigenvalue weighted by Crippen LogP contribution is 2.13. The molecule has 0 aliphatic carbocycles. The van der Waals surface area contributed by atoms with Gasteiger partial charge in [0.1, 0.15) is 6.04 Å². The quantitative estimate of drug-likeness (QED) is 0.691. The molecule has 0 amide bonds. The van der Waals surface area contributed by atoms with Crippen molar-refractivity contribution >= 4 is 5.97 Å². The number of hydrogen-bond acceptors (Lipinski definition) is 4. The molecular formula is C11H22N2O2. The third-order valence-electron chi connectivity index (χ3n) is 2.99. The highest BCUT2D eigenvalue weighted by molar-refractivity contribution is 5.75. The lowest BCUT2D eigenvalue weighted by molar-refractivity contribution is -0.142. The van der Waals surface area contributed by atoms with E-state index in [4.69, 9.17) is 0 Å². The summed E-state index contributed by atoms with van der Waals surface area (Å²) >= 11 is 0. The predicted octanol–water partition coefficient (Wildman–Crippen LogP) is 0.479. The van der Waals surface area contributed by atoms with E-state index in [1.807, 2.05) is 6.92 Å². The predicted molar refractivity (Wildman–Crippen MR) is 59.7 cm³/mol. The average Bonchev–Trinajstić information content (AvgIpc) is 2.25. The van der Waals surface area contributed by atoms with Gasteiger partial charge < -0.3 is 15.0 Å². The zero-order chi connectivity index (χ0) is 11.3. The van der Waals surface area contributed by atoms with E-state index in [1.54, 1.807) is 0 Å². The molecule has 1 N–H and O–H groups in total. The third-order valence-corrected chi connectivity index (χ3v) is 2.99. The lowest BCUT2D eigenvalue weighted by Gasteiger charge is -2.30. The van der Waals surface area contributed by atoms with Crippen LogP contribution in [0.2, 0.25) is 0 Å². The van der Waals surface area contributed by atoms with Gasteiger partial charge >= 0.3 is 5.97 Å². The van der Waals surface area contributed by atoms with Crippen molar-refractivity contribution in [3.05, 3.63) is 0 Å². The number of likely N-dealkylation sites (tertiary alicyclic amines) is 1. The molecule has 1 saturated heterocycles. The van der Waals surface area contributed by atoms with Crippen LogP contribution >= 0.6 is 0 Å². The molecular weight excluding hydrogens is 192 g/mol. The molecule has 88 valence electrons. The molecule has 0 saturated carbocycles. The van der Waals surface area contributed by atoms with Crippen LogP contribution in [0, 0.1) is 5.92 Å². The summed E-state index contributed by atoms with van der Waals surface area (Å²) < 4.78 is 4.66. The molecule has 15 heavy (non-hydrogen) atoms. The molecule has 0 bridgehead atoms. The van der Waals surface area contributed by atoms with Gasteiger partial charge in [0.05, 0.1) is 7.11 Å². The second kappa shape index (κ2) is 6.08. The number of nitrogens with one attached hydrogen (secondary N) is 1. The Hall–Kier alpha value is -0.610. The summed E-state index contributed by atoms with van der Waals surface area (Å²) in [6.07, 6.45) is 2.51. The van der Waals surface area contributed by atoms with Gasteiger partial charge in [0.15, 0.2) is 0 Å². The molecule has 0 spiro atoms. The minimum absolute atomic E-state index is 0.181. The van der Waals surface area contributed by atoms with Crippen LogP contribution in [-0.4, -0.2) is 50.7 Å². The molecule has 1 rings (SSSR count). The molecule has 1 unspecified atom stereocenters. The molecule has 0 aromatic heterocycles. The van der Waals surface area contributed by atoms with E-state index in [-0.39, 0.29) is 12.0 Å².